The van der Waals surface area contributed by atoms with Gasteiger partial charge in [0, 0.05) is 18.2 Å². The number of benzene rings is 3. The van der Waals surface area contributed by atoms with Crippen LogP contribution in [0.15, 0.2) is 83.9 Å². The molecule has 0 saturated heterocycles. The number of likely N-dealkylation sites (N-methyl/N-ethyl adjacent to an activating group) is 1. The van der Waals surface area contributed by atoms with E-state index < -0.39 is 35.7 Å². The molecule has 1 aliphatic heterocycles. The number of rotatable bonds is 6. The van der Waals surface area contributed by atoms with Crippen LogP contribution in [-0.4, -0.2) is 42.7 Å². The van der Waals surface area contributed by atoms with E-state index in [1.54, 1.807) is 7.05 Å². The van der Waals surface area contributed by atoms with Crippen molar-refractivity contribution < 1.29 is 18.8 Å². The van der Waals surface area contributed by atoms with Gasteiger partial charge in [0.25, 0.3) is 5.91 Å². The fourth-order valence-corrected chi connectivity index (χ4v) is 3.85. The highest BCUT2D eigenvalue weighted by molar-refractivity contribution is 6.20. The summed E-state index contributed by atoms with van der Waals surface area (Å²) in [7, 11) is 1.64. The van der Waals surface area contributed by atoms with Crippen molar-refractivity contribution in [3.63, 3.8) is 0 Å². The molecular weight excluding hydrogens is 447 g/mol. The fraction of sp³-hybridized carbons (Fsp3) is 0.185. The van der Waals surface area contributed by atoms with Gasteiger partial charge in [0.15, 0.2) is 0 Å². The van der Waals surface area contributed by atoms with E-state index in [1.165, 1.54) is 36.1 Å². The topological polar surface area (TPSA) is 90.9 Å². The summed E-state index contributed by atoms with van der Waals surface area (Å²) in [6, 6.07) is 21.5. The number of nitrogens with one attached hydrogen (secondary N) is 2. The lowest BCUT2D eigenvalue weighted by molar-refractivity contribution is -0.130. The molecule has 7 nitrogen and oxygen atoms in total. The lowest BCUT2D eigenvalue weighted by Gasteiger charge is -2.22. The number of hydrogen-bond acceptors (Lipinski definition) is 4. The Morgan fingerprint density at radius 1 is 1.00 bits per heavy atom. The lowest BCUT2D eigenvalue weighted by atomic mass is 10.0. The van der Waals surface area contributed by atoms with Gasteiger partial charge < -0.3 is 15.5 Å². The molecule has 0 aromatic heterocycles. The number of halogens is 1. The minimum atomic E-state index is -1.17. The van der Waals surface area contributed by atoms with Crippen LogP contribution in [0.2, 0.25) is 0 Å². The van der Waals surface area contributed by atoms with Gasteiger partial charge in [-0.05, 0) is 30.7 Å². The van der Waals surface area contributed by atoms with E-state index >= 15 is 0 Å². The molecule has 0 bridgehead atoms. The van der Waals surface area contributed by atoms with Crippen LogP contribution in [0.25, 0.3) is 0 Å². The number of anilines is 1. The summed E-state index contributed by atoms with van der Waals surface area (Å²) in [6.45, 7) is 1.53. The third-order valence-electron chi connectivity index (χ3n) is 5.72. The van der Waals surface area contributed by atoms with Gasteiger partial charge in [-0.15, -0.1) is 0 Å². The summed E-state index contributed by atoms with van der Waals surface area (Å²) in [5.41, 5.74) is 3.46. The maximum absolute atomic E-state index is 13.2. The lowest BCUT2D eigenvalue weighted by Crippen LogP contribution is -2.52. The molecule has 1 aliphatic rings. The Balaban J connectivity index is 1.53. The molecule has 3 amide bonds. The molecular formula is C27H25FN4O3. The summed E-state index contributed by atoms with van der Waals surface area (Å²) in [6.07, 6.45) is -1.18. The van der Waals surface area contributed by atoms with Gasteiger partial charge in [0.1, 0.15) is 11.9 Å². The molecule has 0 saturated carbocycles. The summed E-state index contributed by atoms with van der Waals surface area (Å²) >= 11 is 0. The van der Waals surface area contributed by atoms with Crippen LogP contribution in [0.3, 0.4) is 0 Å². The normalized spacial score (nSPS) is 16.0. The number of amides is 3. The summed E-state index contributed by atoms with van der Waals surface area (Å²) in [4.78, 5) is 44.6. The highest BCUT2D eigenvalue weighted by atomic mass is 19.1. The summed E-state index contributed by atoms with van der Waals surface area (Å²) in [5, 5.41) is 5.28. The largest absolute Gasteiger partial charge is 0.344 e. The number of para-hydroxylation sites is 1. The Bertz CT molecular complexity index is 1280. The van der Waals surface area contributed by atoms with E-state index in [9.17, 15) is 18.8 Å². The SMILES string of the molecule is C[C@H](NC(=O)Cc1ccc(F)cc1)C(=O)NC1N=C(c2ccccc2)c2ccccc2N(C)C1=O. The minimum Gasteiger partial charge on any atom is -0.344 e. The van der Waals surface area contributed by atoms with Gasteiger partial charge in [0.2, 0.25) is 18.0 Å². The van der Waals surface area contributed by atoms with E-state index in [0.717, 1.165) is 11.1 Å². The van der Waals surface area contributed by atoms with Crippen molar-refractivity contribution in [2.45, 2.75) is 25.6 Å². The average molecular weight is 473 g/mol. The predicted octanol–water partition coefficient (Wildman–Crippen LogP) is 2.83. The molecule has 0 aliphatic carbocycles. The first kappa shape index (κ1) is 23.8. The molecule has 2 atom stereocenters. The third-order valence-corrected chi connectivity index (χ3v) is 5.72. The molecule has 178 valence electrons. The second-order valence-corrected chi connectivity index (χ2v) is 8.26. The van der Waals surface area contributed by atoms with Crippen molar-refractivity contribution in [1.29, 1.82) is 0 Å². The van der Waals surface area contributed by atoms with E-state index in [-0.39, 0.29) is 6.42 Å². The first-order valence-corrected chi connectivity index (χ1v) is 11.2. The second-order valence-electron chi connectivity index (χ2n) is 8.26. The number of carbonyl (C=O) groups excluding carboxylic acids is 3. The van der Waals surface area contributed by atoms with Gasteiger partial charge in [-0.25, -0.2) is 9.38 Å². The predicted molar refractivity (Wildman–Crippen MR) is 132 cm³/mol. The number of fused-ring (bicyclic) bond motifs is 1. The number of nitrogens with zero attached hydrogens (tertiary/aromatic N) is 2. The highest BCUT2D eigenvalue weighted by Crippen LogP contribution is 2.27. The number of hydrogen-bond donors (Lipinski definition) is 2. The van der Waals surface area contributed by atoms with Crippen LogP contribution >= 0.6 is 0 Å². The van der Waals surface area contributed by atoms with Crippen LogP contribution in [-0.2, 0) is 20.8 Å². The Labute approximate surface area is 202 Å². The smallest absolute Gasteiger partial charge is 0.272 e. The maximum atomic E-state index is 13.2. The van der Waals surface area contributed by atoms with Gasteiger partial charge >= 0.3 is 0 Å². The first-order valence-electron chi connectivity index (χ1n) is 11.2. The minimum absolute atomic E-state index is 0.00534. The van der Waals surface area contributed by atoms with Gasteiger partial charge in [-0.3, -0.25) is 14.4 Å². The molecule has 8 heteroatoms. The molecule has 4 rings (SSSR count). The fourth-order valence-electron chi connectivity index (χ4n) is 3.85. The highest BCUT2D eigenvalue weighted by Gasteiger charge is 2.32. The van der Waals surface area contributed by atoms with Crippen molar-refractivity contribution in [1.82, 2.24) is 10.6 Å². The van der Waals surface area contributed by atoms with Gasteiger partial charge in [-0.2, -0.15) is 0 Å². The Hall–Kier alpha value is -4.33. The van der Waals surface area contributed by atoms with Crippen molar-refractivity contribution in [3.8, 4) is 0 Å². The van der Waals surface area contributed by atoms with E-state index in [4.69, 9.17) is 0 Å². The Morgan fingerprint density at radius 3 is 2.37 bits per heavy atom. The van der Waals surface area contributed by atoms with Crippen LogP contribution in [0, 0.1) is 5.82 Å². The number of carbonyl (C=O) groups is 3. The molecule has 0 radical (unpaired) electrons. The van der Waals surface area contributed by atoms with Gasteiger partial charge in [-0.1, -0.05) is 60.7 Å². The van der Waals surface area contributed by atoms with Crippen molar-refractivity contribution in [3.05, 3.63) is 101 Å². The monoisotopic (exact) mass is 472 g/mol. The summed E-state index contributed by atoms with van der Waals surface area (Å²) < 4.78 is 13.1. The van der Waals surface area contributed by atoms with Gasteiger partial charge in [0.05, 0.1) is 17.8 Å². The molecule has 3 aromatic rings. The van der Waals surface area contributed by atoms with E-state index in [0.29, 0.717) is 17.0 Å². The zero-order chi connectivity index (χ0) is 24.9. The van der Waals surface area contributed by atoms with E-state index in [1.807, 2.05) is 54.6 Å². The van der Waals surface area contributed by atoms with Crippen molar-refractivity contribution in [2.24, 2.45) is 4.99 Å². The summed E-state index contributed by atoms with van der Waals surface area (Å²) in [5.74, 6) is -1.74. The number of aliphatic imine (C=N–C) groups is 1. The molecule has 35 heavy (non-hydrogen) atoms. The molecule has 1 unspecified atom stereocenters. The average Bonchev–Trinajstić information content (AvgIpc) is 2.96. The van der Waals surface area contributed by atoms with Crippen LogP contribution in [0.5, 0.6) is 0 Å². The van der Waals surface area contributed by atoms with E-state index in [2.05, 4.69) is 15.6 Å². The quantitative estimate of drug-likeness (QED) is 0.578. The van der Waals surface area contributed by atoms with Crippen LogP contribution in [0.1, 0.15) is 23.6 Å². The van der Waals surface area contributed by atoms with Crippen LogP contribution < -0.4 is 15.5 Å². The zero-order valence-corrected chi connectivity index (χ0v) is 19.4. The Kier molecular flexibility index (Phi) is 7.01. The zero-order valence-electron chi connectivity index (χ0n) is 19.4. The van der Waals surface area contributed by atoms with Crippen molar-refractivity contribution in [2.75, 3.05) is 11.9 Å². The first-order chi connectivity index (χ1) is 16.8. The maximum Gasteiger partial charge on any atom is 0.272 e. The Morgan fingerprint density at radius 2 is 1.66 bits per heavy atom. The molecule has 1 heterocycles. The van der Waals surface area contributed by atoms with Crippen molar-refractivity contribution >= 4 is 29.1 Å². The second kappa shape index (κ2) is 10.3. The molecule has 0 fully saturated rings. The third kappa shape index (κ3) is 5.43. The standard InChI is InChI=1S/C27H25FN4O3/c1-17(29-23(33)16-18-12-14-20(28)15-13-18)26(34)31-25-27(35)32(2)22-11-7-6-10-21(22)24(30-25)19-8-4-3-5-9-19/h3-15,17,25H,16H2,1-2H3,(H,29,33)(H,31,34)/t17-,25?/m0/s1. The number of benzodiazepines with no additional fused rings is 1. The van der Waals surface area contributed by atoms with Crippen LogP contribution in [0.4, 0.5) is 10.1 Å². The molecule has 3 aromatic carbocycles. The molecule has 2 N–H and O–H groups in total. The molecule has 0 spiro atoms.